The lowest BCUT2D eigenvalue weighted by atomic mass is 9.85. The third kappa shape index (κ3) is 3.66. The minimum Gasteiger partial charge on any atom is -0.456 e. The highest BCUT2D eigenvalue weighted by Crippen LogP contribution is 2.47. The summed E-state index contributed by atoms with van der Waals surface area (Å²) in [5, 5.41) is 22.7. The van der Waals surface area contributed by atoms with E-state index in [2.05, 4.69) is 170 Å². The summed E-state index contributed by atoms with van der Waals surface area (Å²) in [7, 11) is 0. The molecule has 12 aromatic carbocycles. The molecule has 0 atom stereocenters. The van der Waals surface area contributed by atoms with Crippen LogP contribution in [0, 0.1) is 0 Å². The Kier molecular flexibility index (Phi) is 5.17. The van der Waals surface area contributed by atoms with Gasteiger partial charge in [-0.25, -0.2) is 0 Å². The summed E-state index contributed by atoms with van der Waals surface area (Å²) >= 11 is 0. The van der Waals surface area contributed by atoms with Crippen LogP contribution in [0.15, 0.2) is 174 Å². The van der Waals surface area contributed by atoms with Gasteiger partial charge in [-0.2, -0.15) is 0 Å². The fraction of sp³-hybridized carbons (Fsp3) is 0. The van der Waals surface area contributed by atoms with Gasteiger partial charge in [0.1, 0.15) is 11.2 Å². The van der Waals surface area contributed by atoms with E-state index in [1.54, 1.807) is 0 Å². The lowest BCUT2D eigenvalue weighted by Crippen LogP contribution is -1.91. The van der Waals surface area contributed by atoms with Crippen LogP contribution in [0.1, 0.15) is 0 Å². The topological polar surface area (TPSA) is 13.1 Å². The highest BCUT2D eigenvalue weighted by atomic mass is 16.3. The van der Waals surface area contributed by atoms with E-state index in [4.69, 9.17) is 4.42 Å². The molecule has 0 fully saturated rings. The van der Waals surface area contributed by atoms with Crippen LogP contribution in [0.5, 0.6) is 0 Å². The second kappa shape index (κ2) is 9.88. The van der Waals surface area contributed by atoms with E-state index in [9.17, 15) is 0 Å². The molecule has 0 radical (unpaired) electrons. The Morgan fingerprint density at radius 1 is 0.226 bits per heavy atom. The molecule has 13 rings (SSSR count). The van der Waals surface area contributed by atoms with Crippen LogP contribution in [0.4, 0.5) is 0 Å². The zero-order chi connectivity index (χ0) is 34.4. The van der Waals surface area contributed by atoms with Crippen molar-refractivity contribution in [1.82, 2.24) is 0 Å². The lowest BCUT2D eigenvalue weighted by Gasteiger charge is -2.18. The van der Waals surface area contributed by atoms with Gasteiger partial charge in [0, 0.05) is 10.8 Å². The van der Waals surface area contributed by atoms with Crippen molar-refractivity contribution in [2.24, 2.45) is 0 Å². The van der Waals surface area contributed by atoms with Crippen LogP contribution in [0.2, 0.25) is 0 Å². The average Bonchev–Trinajstić information content (AvgIpc) is 3.56. The smallest absolute Gasteiger partial charge is 0.136 e. The van der Waals surface area contributed by atoms with Gasteiger partial charge in [-0.3, -0.25) is 0 Å². The van der Waals surface area contributed by atoms with Crippen molar-refractivity contribution >= 4 is 108 Å². The Morgan fingerprint density at radius 2 is 0.604 bits per heavy atom. The molecule has 1 aromatic heterocycles. The molecule has 0 aliphatic carbocycles. The van der Waals surface area contributed by atoms with Gasteiger partial charge in [0.2, 0.25) is 0 Å². The summed E-state index contributed by atoms with van der Waals surface area (Å²) in [4.78, 5) is 0. The first kappa shape index (κ1) is 27.7. The molecule has 0 unspecified atom stereocenters. The first-order valence-electron chi connectivity index (χ1n) is 18.4. The predicted molar refractivity (Wildman–Crippen MR) is 227 cm³/mol. The SMILES string of the molecule is c1ccc2cc3c(cc2c1)oc1cc2c(-c4ccc5ccc6cccc7ccc4c5c67)ccc(-c4ccc5ccc6cccc7ccc4c5c67)c2cc13. The van der Waals surface area contributed by atoms with Gasteiger partial charge < -0.3 is 4.42 Å². The summed E-state index contributed by atoms with van der Waals surface area (Å²) < 4.78 is 6.73. The molecule has 0 saturated heterocycles. The summed E-state index contributed by atoms with van der Waals surface area (Å²) in [6, 6.07) is 63.3. The molecule has 0 amide bonds. The van der Waals surface area contributed by atoms with Crippen molar-refractivity contribution in [2.45, 2.75) is 0 Å². The maximum atomic E-state index is 6.73. The van der Waals surface area contributed by atoms with Crippen molar-refractivity contribution in [2.75, 3.05) is 0 Å². The zero-order valence-corrected chi connectivity index (χ0v) is 28.6. The number of rotatable bonds is 2. The van der Waals surface area contributed by atoms with E-state index >= 15 is 0 Å². The van der Waals surface area contributed by atoms with E-state index in [1.807, 2.05) is 0 Å². The number of hydrogen-bond acceptors (Lipinski definition) is 1. The van der Waals surface area contributed by atoms with Crippen molar-refractivity contribution in [1.29, 1.82) is 0 Å². The Hall–Kier alpha value is -6.96. The highest BCUT2D eigenvalue weighted by Gasteiger charge is 2.20. The molecule has 1 heterocycles. The van der Waals surface area contributed by atoms with Crippen LogP contribution in [0.3, 0.4) is 0 Å². The number of hydrogen-bond donors (Lipinski definition) is 0. The molecule has 0 bridgehead atoms. The van der Waals surface area contributed by atoms with Gasteiger partial charge in [0.05, 0.1) is 0 Å². The third-order valence-corrected chi connectivity index (χ3v) is 12.1. The van der Waals surface area contributed by atoms with E-state index in [1.165, 1.54) is 108 Å². The predicted octanol–water partition coefficient (Wildman–Crippen LogP) is 15.0. The molecule has 1 nitrogen and oxygen atoms in total. The second-order valence-corrected chi connectivity index (χ2v) is 14.8. The zero-order valence-electron chi connectivity index (χ0n) is 28.6. The first-order chi connectivity index (χ1) is 26.2. The van der Waals surface area contributed by atoms with Crippen LogP contribution >= 0.6 is 0 Å². The minimum atomic E-state index is 0.911. The van der Waals surface area contributed by atoms with Crippen molar-refractivity contribution in [3.05, 3.63) is 170 Å². The van der Waals surface area contributed by atoms with Crippen molar-refractivity contribution in [3.8, 4) is 22.3 Å². The molecule has 242 valence electrons. The number of fused-ring (bicyclic) bond motifs is 5. The normalized spacial score (nSPS) is 12.5. The fourth-order valence-corrected chi connectivity index (χ4v) is 9.71. The molecular weight excluding hydrogens is 641 g/mol. The molecule has 0 N–H and O–H groups in total. The molecule has 0 saturated carbocycles. The summed E-state index contributed by atoms with van der Waals surface area (Å²) in [5.74, 6) is 0. The standard InChI is InChI=1S/C52H28O/c1-2-6-36-26-47-45(25-35(36)5-1)46-27-43-39(37-19-15-33-13-11-29-7-3-9-31-17-21-41(37)51(33)49(29)31)23-24-40(44(43)28-48(46)53-47)38-20-16-34-14-12-30-8-4-10-32-18-22-42(38)52(34)50(30)32/h1-28H. The quantitative estimate of drug-likeness (QED) is 0.167. The maximum absolute atomic E-state index is 6.73. The molecule has 53 heavy (non-hydrogen) atoms. The average molecular weight is 669 g/mol. The monoisotopic (exact) mass is 668 g/mol. The van der Waals surface area contributed by atoms with E-state index in [0.29, 0.717) is 0 Å². The first-order valence-corrected chi connectivity index (χ1v) is 18.4. The molecule has 13 aromatic rings. The molecule has 1 heteroatoms. The third-order valence-electron chi connectivity index (χ3n) is 12.1. The summed E-state index contributed by atoms with van der Waals surface area (Å²) in [6.07, 6.45) is 0. The van der Waals surface area contributed by atoms with E-state index in [0.717, 1.165) is 21.9 Å². The van der Waals surface area contributed by atoms with Crippen LogP contribution in [0.25, 0.3) is 130 Å². The Morgan fingerprint density at radius 3 is 1.17 bits per heavy atom. The van der Waals surface area contributed by atoms with Crippen molar-refractivity contribution < 1.29 is 4.42 Å². The van der Waals surface area contributed by atoms with Gasteiger partial charge in [0.25, 0.3) is 0 Å². The van der Waals surface area contributed by atoms with Gasteiger partial charge in [-0.1, -0.05) is 146 Å². The minimum absolute atomic E-state index is 0.911. The number of furan rings is 1. The van der Waals surface area contributed by atoms with E-state index in [-0.39, 0.29) is 0 Å². The fourth-order valence-electron chi connectivity index (χ4n) is 9.71. The molecule has 0 aliphatic heterocycles. The Labute approximate surface area is 303 Å². The Bertz CT molecular complexity index is 3640. The summed E-state index contributed by atoms with van der Waals surface area (Å²) in [6.45, 7) is 0. The Balaban J connectivity index is 1.17. The van der Waals surface area contributed by atoms with Gasteiger partial charge >= 0.3 is 0 Å². The lowest BCUT2D eigenvalue weighted by molar-refractivity contribution is 0.670. The molecule has 0 spiro atoms. The largest absolute Gasteiger partial charge is 0.456 e. The van der Waals surface area contributed by atoms with Crippen molar-refractivity contribution in [3.63, 3.8) is 0 Å². The maximum Gasteiger partial charge on any atom is 0.136 e. The van der Waals surface area contributed by atoms with Crippen LogP contribution in [-0.4, -0.2) is 0 Å². The highest BCUT2D eigenvalue weighted by molar-refractivity contribution is 6.29. The number of benzene rings is 12. The molecule has 0 aliphatic rings. The van der Waals surface area contributed by atoms with Crippen LogP contribution in [-0.2, 0) is 0 Å². The van der Waals surface area contributed by atoms with Gasteiger partial charge in [0.15, 0.2) is 0 Å². The van der Waals surface area contributed by atoms with E-state index < -0.39 is 0 Å². The summed E-state index contributed by atoms with van der Waals surface area (Å²) in [5.41, 5.74) is 6.77. The molecular formula is C52H28O. The second-order valence-electron chi connectivity index (χ2n) is 14.8. The van der Waals surface area contributed by atoms with Gasteiger partial charge in [-0.05, 0) is 133 Å². The van der Waals surface area contributed by atoms with Gasteiger partial charge in [-0.15, -0.1) is 0 Å². The van der Waals surface area contributed by atoms with Crippen LogP contribution < -0.4 is 0 Å².